The Morgan fingerprint density at radius 3 is 2.20 bits per heavy atom. The molecule has 0 unspecified atom stereocenters. The van der Waals surface area contributed by atoms with E-state index in [1.807, 2.05) is 0 Å². The first-order chi connectivity index (χ1) is 4.12. The molecular weight excluding hydrogens is 119 g/mol. The summed E-state index contributed by atoms with van der Waals surface area (Å²) >= 11 is 0. The third-order valence-corrected chi connectivity index (χ3v) is 1.49. The minimum absolute atomic E-state index is 0. The van der Waals surface area contributed by atoms with E-state index in [1.165, 1.54) is 0 Å². The van der Waals surface area contributed by atoms with Gasteiger partial charge in [0.1, 0.15) is 0 Å². The second kappa shape index (κ2) is 6.28. The zero-order chi connectivity index (χ0) is 7.33. The molecule has 0 aromatic rings. The predicted molar refractivity (Wildman–Crippen MR) is 40.3 cm³/mol. The second-order valence-corrected chi connectivity index (χ2v) is 2.82. The van der Waals surface area contributed by atoms with E-state index in [-0.39, 0.29) is 24.5 Å². The Hall–Kier alpha value is 0.557. The van der Waals surface area contributed by atoms with Gasteiger partial charge in [0.25, 0.3) is 0 Å². The van der Waals surface area contributed by atoms with E-state index in [2.05, 4.69) is 27.7 Å². The van der Waals surface area contributed by atoms with Crippen LogP contribution in [0, 0.1) is 6.92 Å². The van der Waals surface area contributed by atoms with E-state index in [9.17, 15) is 0 Å². The first kappa shape index (κ1) is 13.2. The van der Waals surface area contributed by atoms with E-state index in [1.54, 1.807) is 0 Å². The van der Waals surface area contributed by atoms with Crippen molar-refractivity contribution in [3.05, 3.63) is 6.92 Å². The van der Waals surface area contributed by atoms with Crippen LogP contribution in [0.1, 0.15) is 33.6 Å². The van der Waals surface area contributed by atoms with Gasteiger partial charge in [0, 0.05) is 6.61 Å². The molecule has 0 bridgehead atoms. The molecule has 0 heterocycles. The number of rotatable bonds is 4. The van der Waals surface area contributed by atoms with Gasteiger partial charge in [-0.15, -0.1) is 0 Å². The van der Waals surface area contributed by atoms with Gasteiger partial charge in [0.15, 0.2) is 0 Å². The van der Waals surface area contributed by atoms with E-state index in [0.717, 1.165) is 19.4 Å². The molecule has 2 heteroatoms. The van der Waals surface area contributed by atoms with Crippen molar-refractivity contribution in [3.8, 4) is 0 Å². The first-order valence-electron chi connectivity index (χ1n) is 3.55. The summed E-state index contributed by atoms with van der Waals surface area (Å²) in [6, 6.07) is 0. The smallest absolute Gasteiger partial charge is 0.378 e. The molecule has 0 atom stereocenters. The third-order valence-electron chi connectivity index (χ3n) is 1.49. The summed E-state index contributed by atoms with van der Waals surface area (Å²) in [4.78, 5) is 0. The van der Waals surface area contributed by atoms with Crippen molar-refractivity contribution < 1.29 is 23.6 Å². The van der Waals surface area contributed by atoms with E-state index < -0.39 is 0 Å². The molecule has 0 aromatic carbocycles. The number of hydrogen-bond donors (Lipinski definition) is 0. The number of hydrogen-bond acceptors (Lipinski definition) is 1. The quantitative estimate of drug-likeness (QED) is 0.371. The topological polar surface area (TPSA) is 9.23 Å². The van der Waals surface area contributed by atoms with Gasteiger partial charge >= 0.3 is 18.9 Å². The summed E-state index contributed by atoms with van der Waals surface area (Å²) in [7, 11) is 0. The fourth-order valence-corrected chi connectivity index (χ4v) is 0.451. The molecule has 0 aliphatic rings. The molecule has 0 amide bonds. The summed E-state index contributed by atoms with van der Waals surface area (Å²) in [6.45, 7) is 10.8. The second-order valence-electron chi connectivity index (χ2n) is 2.82. The standard InChI is InChI=1S/C8H17O.Li/c1-5-7-9-8(3,4)6-2;/h1,5-7H2,2-4H3;/q-1;+1. The van der Waals surface area contributed by atoms with Gasteiger partial charge in [-0.3, -0.25) is 0 Å². The summed E-state index contributed by atoms with van der Waals surface area (Å²) in [5.74, 6) is 0. The molecule has 0 saturated heterocycles. The summed E-state index contributed by atoms with van der Waals surface area (Å²) in [5.41, 5.74) is 0.0533. The Morgan fingerprint density at radius 1 is 1.40 bits per heavy atom. The van der Waals surface area contributed by atoms with Crippen LogP contribution in [0.4, 0.5) is 0 Å². The Bertz CT molecular complexity index is 71.7. The van der Waals surface area contributed by atoms with Gasteiger partial charge in [0.05, 0.1) is 5.60 Å². The third kappa shape index (κ3) is 6.67. The molecule has 10 heavy (non-hydrogen) atoms. The fraction of sp³-hybridized carbons (Fsp3) is 0.875. The largest absolute Gasteiger partial charge is 1.00 e. The summed E-state index contributed by atoms with van der Waals surface area (Å²) < 4.78 is 5.47. The van der Waals surface area contributed by atoms with Crippen molar-refractivity contribution >= 4 is 0 Å². The van der Waals surface area contributed by atoms with Crippen LogP contribution in [-0.2, 0) is 4.74 Å². The SMILES string of the molecule is [CH2-]CCOC(C)(C)CC.[Li+]. The van der Waals surface area contributed by atoms with Crippen LogP contribution in [0.15, 0.2) is 0 Å². The first-order valence-corrected chi connectivity index (χ1v) is 3.55. The van der Waals surface area contributed by atoms with Crippen LogP contribution in [0.25, 0.3) is 0 Å². The van der Waals surface area contributed by atoms with Gasteiger partial charge in [-0.2, -0.15) is 6.42 Å². The average molecular weight is 136 g/mol. The normalized spacial score (nSPS) is 10.8. The molecule has 0 aliphatic heterocycles. The van der Waals surface area contributed by atoms with Crippen LogP contribution in [0.2, 0.25) is 0 Å². The van der Waals surface area contributed by atoms with Gasteiger partial charge in [-0.05, 0) is 20.3 Å². The average Bonchev–Trinajstić information content (AvgIpc) is 1.84. The minimum Gasteiger partial charge on any atom is -0.378 e. The molecule has 0 N–H and O–H groups in total. The van der Waals surface area contributed by atoms with Crippen LogP contribution in [0.3, 0.4) is 0 Å². The zero-order valence-electron chi connectivity index (χ0n) is 7.74. The number of ether oxygens (including phenoxy) is 1. The zero-order valence-corrected chi connectivity index (χ0v) is 7.74. The molecule has 0 spiro atoms. The van der Waals surface area contributed by atoms with E-state index in [4.69, 9.17) is 4.74 Å². The van der Waals surface area contributed by atoms with E-state index in [0.29, 0.717) is 0 Å². The van der Waals surface area contributed by atoms with Gasteiger partial charge in [-0.1, -0.05) is 6.92 Å². The summed E-state index contributed by atoms with van der Waals surface area (Å²) in [5, 5.41) is 0. The van der Waals surface area contributed by atoms with Crippen LogP contribution in [-0.4, -0.2) is 12.2 Å². The van der Waals surface area contributed by atoms with Crippen molar-refractivity contribution in [3.63, 3.8) is 0 Å². The Balaban J connectivity index is 0. The molecule has 0 fully saturated rings. The molecular formula is C8H17LiO. The van der Waals surface area contributed by atoms with Crippen molar-refractivity contribution in [1.29, 1.82) is 0 Å². The molecule has 0 aromatic heterocycles. The maximum atomic E-state index is 5.47. The predicted octanol–water partition coefficient (Wildman–Crippen LogP) is -0.580. The molecule has 0 aliphatic carbocycles. The van der Waals surface area contributed by atoms with E-state index >= 15 is 0 Å². The van der Waals surface area contributed by atoms with Gasteiger partial charge < -0.3 is 11.7 Å². The van der Waals surface area contributed by atoms with Gasteiger partial charge in [0.2, 0.25) is 0 Å². The van der Waals surface area contributed by atoms with Crippen molar-refractivity contribution in [2.75, 3.05) is 6.61 Å². The Labute approximate surface area is 76.7 Å². The van der Waals surface area contributed by atoms with Gasteiger partial charge in [-0.25, -0.2) is 0 Å². The Kier molecular flexibility index (Phi) is 8.27. The molecule has 0 radical (unpaired) electrons. The maximum Gasteiger partial charge on any atom is 1.00 e. The van der Waals surface area contributed by atoms with Crippen LogP contribution >= 0.6 is 0 Å². The van der Waals surface area contributed by atoms with Crippen LogP contribution < -0.4 is 18.9 Å². The van der Waals surface area contributed by atoms with Crippen molar-refractivity contribution in [2.45, 2.75) is 39.2 Å². The van der Waals surface area contributed by atoms with Crippen molar-refractivity contribution in [2.24, 2.45) is 0 Å². The molecule has 0 rings (SSSR count). The fourth-order valence-electron chi connectivity index (χ4n) is 0.451. The minimum atomic E-state index is 0. The molecule has 0 saturated carbocycles. The Morgan fingerprint density at radius 2 is 1.90 bits per heavy atom. The monoisotopic (exact) mass is 136 g/mol. The molecule has 1 nitrogen and oxygen atoms in total. The van der Waals surface area contributed by atoms with Crippen molar-refractivity contribution in [1.82, 2.24) is 0 Å². The molecule has 56 valence electrons. The van der Waals surface area contributed by atoms with Crippen LogP contribution in [0.5, 0.6) is 0 Å². The maximum absolute atomic E-state index is 5.47. The summed E-state index contributed by atoms with van der Waals surface area (Å²) in [6.07, 6.45) is 1.93.